The average Bonchev–Trinajstić information content (AvgIpc) is 3.39. The first-order chi connectivity index (χ1) is 19.9. The summed E-state index contributed by atoms with van der Waals surface area (Å²) in [5.41, 5.74) is 1.48. The summed E-state index contributed by atoms with van der Waals surface area (Å²) in [5, 5.41) is 18.0. The normalized spacial score (nSPS) is 11.5. The van der Waals surface area contributed by atoms with E-state index in [1.54, 1.807) is 60.7 Å². The van der Waals surface area contributed by atoms with Crippen LogP contribution in [0.25, 0.3) is 33.5 Å². The van der Waals surface area contributed by atoms with Gasteiger partial charge in [-0.05, 0) is 60.2 Å². The quantitative estimate of drug-likeness (QED) is 0.102. The van der Waals surface area contributed by atoms with Crippen LogP contribution in [0.4, 0.5) is 5.69 Å². The number of rotatable bonds is 7. The first-order valence-electron chi connectivity index (χ1n) is 12.3. The van der Waals surface area contributed by atoms with Gasteiger partial charge in [0.2, 0.25) is 11.6 Å². The van der Waals surface area contributed by atoms with Crippen molar-refractivity contribution in [3.05, 3.63) is 132 Å². The molecule has 0 spiro atoms. The third kappa shape index (κ3) is 5.34. The second-order valence-electron chi connectivity index (χ2n) is 8.97. The van der Waals surface area contributed by atoms with E-state index in [1.165, 1.54) is 18.3 Å². The van der Waals surface area contributed by atoms with Crippen LogP contribution in [-0.4, -0.2) is 20.8 Å². The predicted molar refractivity (Wildman–Crippen MR) is 161 cm³/mol. The van der Waals surface area contributed by atoms with Gasteiger partial charge in [-0.15, -0.1) is 0 Å². The molecule has 0 saturated heterocycles. The Morgan fingerprint density at radius 1 is 1.05 bits per heavy atom. The summed E-state index contributed by atoms with van der Waals surface area (Å²) >= 11 is 9.43. The minimum atomic E-state index is -0.531. The molecule has 9 nitrogen and oxygen atoms in total. The van der Waals surface area contributed by atoms with Crippen LogP contribution in [-0.2, 0) is 6.61 Å². The van der Waals surface area contributed by atoms with Crippen LogP contribution in [0.1, 0.15) is 11.1 Å². The van der Waals surface area contributed by atoms with Crippen molar-refractivity contribution in [2.45, 2.75) is 6.61 Å². The molecule has 2 aromatic heterocycles. The molecule has 0 aliphatic heterocycles. The van der Waals surface area contributed by atoms with Gasteiger partial charge in [-0.2, -0.15) is 9.78 Å². The molecule has 2 heterocycles. The van der Waals surface area contributed by atoms with Crippen LogP contribution >= 0.6 is 27.5 Å². The first-order valence-corrected chi connectivity index (χ1v) is 13.4. The summed E-state index contributed by atoms with van der Waals surface area (Å²) < 4.78 is 13.9. The molecule has 0 bridgehead atoms. The summed E-state index contributed by atoms with van der Waals surface area (Å²) in [6, 6.07) is 25.7. The SMILES string of the molecule is O=c1c2ccccc2nc(-c2cc3cc(Br)ccc3o2)n1N=Cc1cccc([N+](=O)[O-])c1OCc1ccc(Cl)cc1. The maximum atomic E-state index is 13.6. The lowest BCUT2D eigenvalue weighted by Gasteiger charge is -2.10. The molecule has 0 amide bonds. The number of nitrogens with zero attached hydrogens (tertiary/aromatic N) is 4. The zero-order valence-corrected chi connectivity index (χ0v) is 23.4. The third-order valence-electron chi connectivity index (χ3n) is 6.28. The van der Waals surface area contributed by atoms with Gasteiger partial charge in [-0.3, -0.25) is 14.9 Å². The lowest BCUT2D eigenvalue weighted by Crippen LogP contribution is -2.20. The number of ether oxygens (including phenoxy) is 1. The maximum absolute atomic E-state index is 13.6. The summed E-state index contributed by atoms with van der Waals surface area (Å²) in [7, 11) is 0. The molecule has 11 heteroatoms. The Bertz CT molecular complexity index is 2040. The second-order valence-corrected chi connectivity index (χ2v) is 10.3. The van der Waals surface area contributed by atoms with Crippen LogP contribution in [0.3, 0.4) is 0 Å². The first kappa shape index (κ1) is 26.4. The highest BCUT2D eigenvalue weighted by Crippen LogP contribution is 2.32. The van der Waals surface area contributed by atoms with Crippen molar-refractivity contribution in [1.29, 1.82) is 0 Å². The van der Waals surface area contributed by atoms with Crippen molar-refractivity contribution in [1.82, 2.24) is 9.66 Å². The van der Waals surface area contributed by atoms with E-state index in [4.69, 9.17) is 20.8 Å². The Balaban J connectivity index is 1.47. The smallest absolute Gasteiger partial charge is 0.311 e. The number of hydrogen-bond acceptors (Lipinski definition) is 7. The van der Waals surface area contributed by atoms with E-state index in [0.29, 0.717) is 32.8 Å². The molecule has 6 rings (SSSR count). The van der Waals surface area contributed by atoms with Gasteiger partial charge in [-0.1, -0.05) is 57.9 Å². The highest BCUT2D eigenvalue weighted by atomic mass is 79.9. The van der Waals surface area contributed by atoms with Crippen LogP contribution in [0.15, 0.2) is 110 Å². The zero-order chi connectivity index (χ0) is 28.5. The van der Waals surface area contributed by atoms with Gasteiger partial charge < -0.3 is 9.15 Å². The fourth-order valence-corrected chi connectivity index (χ4v) is 4.82. The number of aromatic nitrogens is 2. The van der Waals surface area contributed by atoms with Gasteiger partial charge in [0.1, 0.15) is 12.2 Å². The molecule has 0 radical (unpaired) electrons. The summed E-state index contributed by atoms with van der Waals surface area (Å²) in [6.45, 7) is 0.0557. The summed E-state index contributed by atoms with van der Waals surface area (Å²) in [5.74, 6) is 0.510. The Morgan fingerprint density at radius 2 is 1.85 bits per heavy atom. The van der Waals surface area contributed by atoms with Crippen molar-refractivity contribution < 1.29 is 14.1 Å². The highest BCUT2D eigenvalue weighted by Gasteiger charge is 2.20. The molecule has 0 fully saturated rings. The predicted octanol–water partition coefficient (Wildman–Crippen LogP) is 7.60. The number of para-hydroxylation sites is 2. The second kappa shape index (κ2) is 11.0. The van der Waals surface area contributed by atoms with Crippen LogP contribution < -0.4 is 10.3 Å². The van der Waals surface area contributed by atoms with Gasteiger partial charge in [-0.25, -0.2) is 4.98 Å². The standard InChI is InChI=1S/C30H18BrClN4O5/c31-21-10-13-26-20(14-21)15-27(41-26)29-34-24-6-2-1-5-23(24)30(37)35(29)33-16-19-4-3-7-25(36(38)39)28(19)40-17-18-8-11-22(32)12-9-18/h1-16H,17H2. The zero-order valence-electron chi connectivity index (χ0n) is 21.0. The fraction of sp³-hybridized carbons (Fsp3) is 0.0333. The molecule has 0 atom stereocenters. The van der Waals surface area contributed by atoms with Crippen molar-refractivity contribution in [2.75, 3.05) is 0 Å². The highest BCUT2D eigenvalue weighted by molar-refractivity contribution is 9.10. The minimum Gasteiger partial charge on any atom is -0.481 e. The topological polar surface area (TPSA) is 113 Å². The van der Waals surface area contributed by atoms with Crippen molar-refractivity contribution in [3.8, 4) is 17.3 Å². The number of nitro benzene ring substituents is 1. The molecule has 6 aromatic rings. The number of fused-ring (bicyclic) bond motifs is 2. The summed E-state index contributed by atoms with van der Waals surface area (Å²) in [4.78, 5) is 29.6. The van der Waals surface area contributed by atoms with E-state index in [9.17, 15) is 14.9 Å². The van der Waals surface area contributed by atoms with Gasteiger partial charge in [0.05, 0.1) is 22.0 Å². The Labute approximate surface area is 245 Å². The number of furan rings is 1. The van der Waals surface area contributed by atoms with Gasteiger partial charge in [0.15, 0.2) is 5.76 Å². The van der Waals surface area contributed by atoms with Crippen LogP contribution in [0.5, 0.6) is 5.75 Å². The van der Waals surface area contributed by atoms with E-state index in [1.807, 2.05) is 18.2 Å². The van der Waals surface area contributed by atoms with Gasteiger partial charge in [0.25, 0.3) is 5.56 Å². The van der Waals surface area contributed by atoms with Crippen molar-refractivity contribution in [2.24, 2.45) is 5.10 Å². The molecule has 202 valence electrons. The minimum absolute atomic E-state index is 0.00753. The molecule has 0 unspecified atom stereocenters. The molecule has 0 aliphatic carbocycles. The molecular weight excluding hydrogens is 612 g/mol. The summed E-state index contributed by atoms with van der Waals surface area (Å²) in [6.07, 6.45) is 1.34. The van der Waals surface area contributed by atoms with Crippen molar-refractivity contribution >= 4 is 61.3 Å². The molecule has 4 aromatic carbocycles. The number of nitro groups is 1. The number of hydrogen-bond donors (Lipinski definition) is 0. The van der Waals surface area contributed by atoms with E-state index < -0.39 is 10.5 Å². The molecular formula is C30H18BrClN4O5. The number of benzene rings is 4. The van der Waals surface area contributed by atoms with Crippen LogP contribution in [0.2, 0.25) is 5.02 Å². The van der Waals surface area contributed by atoms with E-state index in [-0.39, 0.29) is 23.9 Å². The molecule has 41 heavy (non-hydrogen) atoms. The van der Waals surface area contributed by atoms with Crippen molar-refractivity contribution in [3.63, 3.8) is 0 Å². The Morgan fingerprint density at radius 3 is 2.66 bits per heavy atom. The molecule has 0 aliphatic rings. The van der Waals surface area contributed by atoms with Gasteiger partial charge in [0, 0.05) is 26.5 Å². The average molecular weight is 630 g/mol. The van der Waals surface area contributed by atoms with Crippen LogP contribution in [0, 0.1) is 10.1 Å². The lowest BCUT2D eigenvalue weighted by atomic mass is 10.2. The Hall–Kier alpha value is -4.80. The fourth-order valence-electron chi connectivity index (χ4n) is 4.32. The molecule has 0 N–H and O–H groups in total. The molecule has 0 saturated carbocycles. The lowest BCUT2D eigenvalue weighted by molar-refractivity contribution is -0.385. The van der Waals surface area contributed by atoms with E-state index in [0.717, 1.165) is 20.1 Å². The Kier molecular flexibility index (Phi) is 7.08. The van der Waals surface area contributed by atoms with E-state index >= 15 is 0 Å². The third-order valence-corrected chi connectivity index (χ3v) is 7.03. The maximum Gasteiger partial charge on any atom is 0.311 e. The monoisotopic (exact) mass is 628 g/mol. The van der Waals surface area contributed by atoms with E-state index in [2.05, 4.69) is 26.0 Å². The van der Waals surface area contributed by atoms with Gasteiger partial charge >= 0.3 is 5.69 Å². The largest absolute Gasteiger partial charge is 0.481 e. The number of halogens is 2.